The van der Waals surface area contributed by atoms with Crippen LogP contribution in [0.1, 0.15) is 5.56 Å². The summed E-state index contributed by atoms with van der Waals surface area (Å²) in [7, 11) is -1.10. The van der Waals surface area contributed by atoms with Gasteiger partial charge in [0.25, 0.3) is 0 Å². The first-order valence-corrected chi connectivity index (χ1v) is 6.51. The van der Waals surface area contributed by atoms with Crippen molar-refractivity contribution in [3.8, 4) is 0 Å². The third-order valence-corrected chi connectivity index (χ3v) is 4.96. The van der Waals surface area contributed by atoms with Crippen molar-refractivity contribution in [1.82, 2.24) is 0 Å². The monoisotopic (exact) mass is 236 g/mol. The molecule has 0 spiro atoms. The predicted molar refractivity (Wildman–Crippen MR) is 63.8 cm³/mol. The van der Waals surface area contributed by atoms with Crippen molar-refractivity contribution in [3.05, 3.63) is 34.7 Å². The van der Waals surface area contributed by atoms with Gasteiger partial charge < -0.3 is 5.73 Å². The van der Waals surface area contributed by atoms with Gasteiger partial charge in [0.05, 0.1) is 10.8 Å². The van der Waals surface area contributed by atoms with E-state index in [2.05, 4.69) is 4.99 Å². The number of hydrogen-bond acceptors (Lipinski definition) is 4. The van der Waals surface area contributed by atoms with Gasteiger partial charge in [-0.3, -0.25) is 4.21 Å². The van der Waals surface area contributed by atoms with E-state index in [9.17, 15) is 4.21 Å². The fourth-order valence-electron chi connectivity index (χ4n) is 1.69. The Morgan fingerprint density at radius 2 is 2.20 bits per heavy atom. The number of rotatable bonds is 0. The second-order valence-corrected chi connectivity index (χ2v) is 5.88. The molecule has 0 saturated carbocycles. The van der Waals surface area contributed by atoms with Crippen LogP contribution in [0.3, 0.4) is 0 Å². The van der Waals surface area contributed by atoms with Gasteiger partial charge in [0.2, 0.25) is 0 Å². The highest BCUT2D eigenvalue weighted by atomic mass is 32.2. The molecule has 2 aliphatic rings. The zero-order chi connectivity index (χ0) is 10.4. The Kier molecular flexibility index (Phi) is 1.97. The van der Waals surface area contributed by atoms with E-state index >= 15 is 0 Å². The van der Waals surface area contributed by atoms with Crippen LogP contribution in [0.4, 0.5) is 0 Å². The van der Waals surface area contributed by atoms with E-state index in [0.717, 1.165) is 15.4 Å². The minimum absolute atomic E-state index is 0.273. The Hall–Kier alpha value is -1.07. The lowest BCUT2D eigenvalue weighted by molar-refractivity contribution is 0.677. The van der Waals surface area contributed by atoms with E-state index in [1.165, 1.54) is 11.8 Å². The molecule has 0 aromatic heterocycles. The average molecular weight is 236 g/mol. The Balaban J connectivity index is 2.19. The Labute approximate surface area is 93.9 Å². The van der Waals surface area contributed by atoms with Crippen molar-refractivity contribution in [2.75, 3.05) is 0 Å². The van der Waals surface area contributed by atoms with Crippen LogP contribution in [0.15, 0.2) is 39.1 Å². The Morgan fingerprint density at radius 3 is 3.07 bits per heavy atom. The Morgan fingerprint density at radius 1 is 1.40 bits per heavy atom. The number of aliphatic imine (C=N–C) groups is 1. The molecule has 2 aliphatic heterocycles. The molecule has 0 saturated heterocycles. The van der Waals surface area contributed by atoms with Gasteiger partial charge in [0.15, 0.2) is 10.5 Å². The summed E-state index contributed by atoms with van der Waals surface area (Å²) in [5, 5.41) is 0.234. The first kappa shape index (κ1) is 9.18. The maximum Gasteiger partial charge on any atom is 0.163 e. The molecule has 76 valence electrons. The molecule has 0 bridgehead atoms. The van der Waals surface area contributed by atoms with E-state index in [-0.39, 0.29) is 5.37 Å². The number of nitrogens with zero attached hydrogens (tertiary/aromatic N) is 1. The molecular formula is C10H8N2OS2. The molecule has 0 amide bonds. The van der Waals surface area contributed by atoms with Gasteiger partial charge in [0, 0.05) is 9.80 Å². The van der Waals surface area contributed by atoms with Crippen LogP contribution < -0.4 is 5.73 Å². The largest absolute Gasteiger partial charge is 0.378 e. The van der Waals surface area contributed by atoms with E-state index in [1.54, 1.807) is 0 Å². The topological polar surface area (TPSA) is 55.4 Å². The summed E-state index contributed by atoms with van der Waals surface area (Å²) in [5.74, 6) is 0. The smallest absolute Gasteiger partial charge is 0.163 e. The van der Waals surface area contributed by atoms with Gasteiger partial charge in [-0.05, 0) is 17.7 Å². The van der Waals surface area contributed by atoms with Crippen molar-refractivity contribution >= 4 is 33.8 Å². The lowest BCUT2D eigenvalue weighted by atomic mass is 10.2. The van der Waals surface area contributed by atoms with Gasteiger partial charge >= 0.3 is 0 Å². The fourth-order valence-corrected chi connectivity index (χ4v) is 4.20. The van der Waals surface area contributed by atoms with E-state index in [1.807, 2.05) is 30.3 Å². The quantitative estimate of drug-likeness (QED) is 0.743. The van der Waals surface area contributed by atoms with E-state index in [0.29, 0.717) is 5.17 Å². The highest BCUT2D eigenvalue weighted by molar-refractivity contribution is 8.18. The maximum absolute atomic E-state index is 12.1. The molecule has 2 unspecified atom stereocenters. The van der Waals surface area contributed by atoms with Crippen molar-refractivity contribution in [1.29, 1.82) is 0 Å². The molecule has 0 aliphatic carbocycles. The summed E-state index contributed by atoms with van der Waals surface area (Å²) in [4.78, 5) is 6.02. The zero-order valence-electron chi connectivity index (χ0n) is 7.71. The minimum atomic E-state index is -1.10. The molecule has 5 heteroatoms. The second-order valence-electron chi connectivity index (χ2n) is 3.30. The summed E-state index contributed by atoms with van der Waals surface area (Å²) in [6.45, 7) is 0. The van der Waals surface area contributed by atoms with Gasteiger partial charge in [-0.2, -0.15) is 0 Å². The molecule has 2 heterocycles. The maximum atomic E-state index is 12.1. The normalized spacial score (nSPS) is 27.7. The van der Waals surface area contributed by atoms with Crippen LogP contribution in [0, 0.1) is 0 Å². The molecule has 0 radical (unpaired) electrons. The molecule has 2 N–H and O–H groups in total. The van der Waals surface area contributed by atoms with Crippen LogP contribution in [-0.4, -0.2) is 14.8 Å². The van der Waals surface area contributed by atoms with Crippen molar-refractivity contribution in [2.24, 2.45) is 10.7 Å². The fraction of sp³-hybridized carbons (Fsp3) is 0.100. The highest BCUT2D eigenvalue weighted by Gasteiger charge is 2.33. The number of amidine groups is 1. The summed E-state index contributed by atoms with van der Waals surface area (Å²) >= 11 is 1.41. The molecule has 1 aromatic rings. The predicted octanol–water partition coefficient (Wildman–Crippen LogP) is 1.54. The first-order valence-electron chi connectivity index (χ1n) is 4.48. The highest BCUT2D eigenvalue weighted by Crippen LogP contribution is 2.39. The molecule has 1 aromatic carbocycles. The van der Waals surface area contributed by atoms with Crippen molar-refractivity contribution in [3.63, 3.8) is 0 Å². The van der Waals surface area contributed by atoms with Gasteiger partial charge in [-0.15, -0.1) is 0 Å². The van der Waals surface area contributed by atoms with E-state index in [4.69, 9.17) is 5.73 Å². The van der Waals surface area contributed by atoms with Crippen LogP contribution in [0.5, 0.6) is 0 Å². The SMILES string of the molecule is NC1=NC2C(=Cc3ccccc3S2=O)S1. The van der Waals surface area contributed by atoms with E-state index < -0.39 is 10.8 Å². The second kappa shape index (κ2) is 3.21. The van der Waals surface area contributed by atoms with Crippen LogP contribution in [0.2, 0.25) is 0 Å². The first-order chi connectivity index (χ1) is 7.25. The summed E-state index contributed by atoms with van der Waals surface area (Å²) in [6, 6.07) is 7.68. The Bertz CT molecular complexity index is 522. The summed E-state index contributed by atoms with van der Waals surface area (Å²) in [6.07, 6.45) is 2.02. The lowest BCUT2D eigenvalue weighted by Gasteiger charge is -2.16. The molecule has 3 rings (SSSR count). The van der Waals surface area contributed by atoms with Crippen LogP contribution in [0.25, 0.3) is 6.08 Å². The lowest BCUT2D eigenvalue weighted by Crippen LogP contribution is -2.16. The summed E-state index contributed by atoms with van der Waals surface area (Å²) in [5.41, 5.74) is 6.64. The van der Waals surface area contributed by atoms with Gasteiger partial charge in [-0.25, -0.2) is 4.99 Å². The molecule has 3 nitrogen and oxygen atoms in total. The average Bonchev–Trinajstić information content (AvgIpc) is 2.59. The van der Waals surface area contributed by atoms with Gasteiger partial charge in [-0.1, -0.05) is 30.0 Å². The van der Waals surface area contributed by atoms with Crippen LogP contribution >= 0.6 is 11.8 Å². The number of nitrogens with two attached hydrogens (primary N) is 1. The van der Waals surface area contributed by atoms with Crippen LogP contribution in [-0.2, 0) is 10.8 Å². The summed E-state index contributed by atoms with van der Waals surface area (Å²) < 4.78 is 12.1. The molecule has 2 atom stereocenters. The molecule has 15 heavy (non-hydrogen) atoms. The number of fused-ring (bicyclic) bond motifs is 2. The molecule has 0 fully saturated rings. The third-order valence-electron chi connectivity index (χ3n) is 2.35. The van der Waals surface area contributed by atoms with Crippen molar-refractivity contribution in [2.45, 2.75) is 10.3 Å². The van der Waals surface area contributed by atoms with Gasteiger partial charge in [0.1, 0.15) is 0 Å². The standard InChI is InChI=1S/C10H8N2OS2/c11-10-12-9-7(14-10)5-6-3-1-2-4-8(6)15(9)13/h1-5,9H,(H2,11,12). The zero-order valence-corrected chi connectivity index (χ0v) is 9.35. The minimum Gasteiger partial charge on any atom is -0.378 e. The number of hydrogen-bond donors (Lipinski definition) is 1. The number of thioether (sulfide) groups is 1. The van der Waals surface area contributed by atoms with Crippen molar-refractivity contribution < 1.29 is 4.21 Å². The number of benzene rings is 1. The molecular weight excluding hydrogens is 228 g/mol. The third kappa shape index (κ3) is 1.34.